The number of ether oxygens (including phenoxy) is 2. The van der Waals surface area contributed by atoms with Crippen molar-refractivity contribution in [2.24, 2.45) is 5.41 Å². The molecule has 1 aromatic heterocycles. The van der Waals surface area contributed by atoms with Crippen LogP contribution in [0.25, 0.3) is 11.4 Å². The fourth-order valence-corrected chi connectivity index (χ4v) is 5.44. The van der Waals surface area contributed by atoms with Crippen LogP contribution >= 0.6 is 0 Å². The van der Waals surface area contributed by atoms with Gasteiger partial charge in [-0.1, -0.05) is 80.6 Å². The SMILES string of the molecule is CCOc1cc([C@@H]2C3=C(CC(C)(C)CC3=O)Nc3nc(-c4ccccc4)nn32)ccc1OCc1ccccc1. The minimum Gasteiger partial charge on any atom is -0.490 e. The monoisotopic (exact) mass is 520 g/mol. The first-order valence-corrected chi connectivity index (χ1v) is 13.4. The number of carbonyl (C=O) groups is 1. The normalized spacial score (nSPS) is 17.7. The molecule has 6 rings (SSSR count). The molecule has 1 aliphatic heterocycles. The van der Waals surface area contributed by atoms with Gasteiger partial charge in [0.15, 0.2) is 23.1 Å². The third-order valence-corrected chi connectivity index (χ3v) is 7.18. The number of nitrogens with one attached hydrogen (secondary N) is 1. The Balaban J connectivity index is 1.43. The van der Waals surface area contributed by atoms with Crippen LogP contribution in [-0.4, -0.2) is 27.2 Å². The summed E-state index contributed by atoms with van der Waals surface area (Å²) >= 11 is 0. The van der Waals surface area contributed by atoms with Crippen LogP contribution in [0.4, 0.5) is 5.95 Å². The molecule has 7 nitrogen and oxygen atoms in total. The van der Waals surface area contributed by atoms with Crippen LogP contribution in [-0.2, 0) is 11.4 Å². The molecule has 4 aromatic rings. The first kappa shape index (κ1) is 24.9. The van der Waals surface area contributed by atoms with Crippen molar-refractivity contribution in [2.45, 2.75) is 46.3 Å². The van der Waals surface area contributed by atoms with Gasteiger partial charge in [-0.05, 0) is 42.0 Å². The van der Waals surface area contributed by atoms with Crippen molar-refractivity contribution in [3.8, 4) is 22.9 Å². The summed E-state index contributed by atoms with van der Waals surface area (Å²) in [5.41, 5.74) is 4.43. The summed E-state index contributed by atoms with van der Waals surface area (Å²) in [5, 5.41) is 8.36. The lowest BCUT2D eigenvalue weighted by Gasteiger charge is -2.38. The second-order valence-electron chi connectivity index (χ2n) is 10.8. The average molecular weight is 521 g/mol. The van der Waals surface area contributed by atoms with Crippen LogP contribution in [0.1, 0.15) is 50.8 Å². The molecule has 1 aliphatic carbocycles. The summed E-state index contributed by atoms with van der Waals surface area (Å²) in [6, 6.07) is 25.4. The zero-order chi connectivity index (χ0) is 27.0. The quantitative estimate of drug-likeness (QED) is 0.297. The van der Waals surface area contributed by atoms with Crippen LogP contribution in [0, 0.1) is 5.41 Å². The minimum absolute atomic E-state index is 0.128. The molecule has 39 heavy (non-hydrogen) atoms. The topological polar surface area (TPSA) is 78.3 Å². The number of Topliss-reactive ketones (excluding diaryl/α,β-unsaturated/α-hetero) is 1. The first-order chi connectivity index (χ1) is 18.9. The maximum atomic E-state index is 13.6. The number of benzene rings is 3. The molecule has 0 spiro atoms. The van der Waals surface area contributed by atoms with Gasteiger partial charge >= 0.3 is 0 Å². The summed E-state index contributed by atoms with van der Waals surface area (Å²) in [7, 11) is 0. The van der Waals surface area contributed by atoms with Crippen LogP contribution in [0.2, 0.25) is 0 Å². The van der Waals surface area contributed by atoms with Gasteiger partial charge in [-0.3, -0.25) is 4.79 Å². The molecule has 198 valence electrons. The number of carbonyl (C=O) groups excluding carboxylic acids is 1. The van der Waals surface area contributed by atoms with Crippen molar-refractivity contribution in [1.29, 1.82) is 0 Å². The highest BCUT2D eigenvalue weighted by Gasteiger charge is 2.42. The lowest BCUT2D eigenvalue weighted by molar-refractivity contribution is -0.118. The lowest BCUT2D eigenvalue weighted by atomic mass is 9.73. The summed E-state index contributed by atoms with van der Waals surface area (Å²) < 4.78 is 14.0. The van der Waals surface area contributed by atoms with E-state index in [0.29, 0.717) is 42.9 Å². The molecule has 0 unspecified atom stereocenters. The van der Waals surface area contributed by atoms with Crippen LogP contribution < -0.4 is 14.8 Å². The molecule has 3 aromatic carbocycles. The van der Waals surface area contributed by atoms with Crippen molar-refractivity contribution in [3.63, 3.8) is 0 Å². The van der Waals surface area contributed by atoms with E-state index in [1.165, 1.54) is 0 Å². The van der Waals surface area contributed by atoms with Gasteiger partial charge in [0.1, 0.15) is 12.6 Å². The highest BCUT2D eigenvalue weighted by Crippen LogP contribution is 2.46. The van der Waals surface area contributed by atoms with Gasteiger partial charge in [-0.15, -0.1) is 5.10 Å². The molecule has 0 saturated heterocycles. The Hall–Kier alpha value is -4.39. The molecule has 2 heterocycles. The number of hydrogen-bond acceptors (Lipinski definition) is 6. The van der Waals surface area contributed by atoms with E-state index < -0.39 is 6.04 Å². The van der Waals surface area contributed by atoms with E-state index >= 15 is 0 Å². The van der Waals surface area contributed by atoms with Gasteiger partial charge < -0.3 is 14.8 Å². The average Bonchev–Trinajstić information content (AvgIpc) is 3.35. The zero-order valence-electron chi connectivity index (χ0n) is 22.5. The molecule has 0 bridgehead atoms. The van der Waals surface area contributed by atoms with Crippen LogP contribution in [0.5, 0.6) is 11.5 Å². The number of nitrogens with zero attached hydrogens (tertiary/aromatic N) is 3. The second kappa shape index (κ2) is 10.1. The van der Waals surface area contributed by atoms with E-state index in [9.17, 15) is 4.79 Å². The standard InChI is InChI=1S/C32H32N4O3/c1-4-38-27-17-23(15-16-26(27)39-20-21-11-7-5-8-12-21)29-28-24(18-32(2,3)19-25(28)37)33-31-34-30(35-36(29)31)22-13-9-6-10-14-22/h5-17,29H,4,18-20H2,1-3H3,(H,33,34,35)/t29-/m1/s1. The predicted octanol–water partition coefficient (Wildman–Crippen LogP) is 6.58. The van der Waals surface area contributed by atoms with Crippen molar-refractivity contribution < 1.29 is 14.3 Å². The Bertz CT molecular complexity index is 1540. The van der Waals surface area contributed by atoms with E-state index in [0.717, 1.165) is 34.4 Å². The number of aromatic nitrogens is 3. The lowest BCUT2D eigenvalue weighted by Crippen LogP contribution is -2.36. The smallest absolute Gasteiger partial charge is 0.226 e. The Labute approximate surface area is 228 Å². The predicted molar refractivity (Wildman–Crippen MR) is 151 cm³/mol. The Morgan fingerprint density at radius 2 is 1.69 bits per heavy atom. The van der Waals surface area contributed by atoms with Crippen molar-refractivity contribution in [1.82, 2.24) is 14.8 Å². The van der Waals surface area contributed by atoms with E-state index in [2.05, 4.69) is 19.2 Å². The number of fused-ring (bicyclic) bond motifs is 1. The highest BCUT2D eigenvalue weighted by molar-refractivity contribution is 6.00. The third-order valence-electron chi connectivity index (χ3n) is 7.18. The fourth-order valence-electron chi connectivity index (χ4n) is 5.44. The summed E-state index contributed by atoms with van der Waals surface area (Å²) in [6.45, 7) is 7.14. The maximum absolute atomic E-state index is 13.6. The number of hydrogen-bond donors (Lipinski definition) is 1. The second-order valence-corrected chi connectivity index (χ2v) is 10.8. The van der Waals surface area contributed by atoms with Crippen molar-refractivity contribution in [3.05, 3.63) is 101 Å². The van der Waals surface area contributed by atoms with E-state index in [-0.39, 0.29) is 11.2 Å². The molecule has 0 amide bonds. The molecule has 0 fully saturated rings. The number of rotatable bonds is 7. The van der Waals surface area contributed by atoms with E-state index in [4.69, 9.17) is 19.6 Å². The zero-order valence-corrected chi connectivity index (χ0v) is 22.5. The first-order valence-electron chi connectivity index (χ1n) is 13.4. The molecule has 0 saturated carbocycles. The fraction of sp³-hybridized carbons (Fsp3) is 0.281. The highest BCUT2D eigenvalue weighted by atomic mass is 16.5. The Kier molecular flexibility index (Phi) is 6.43. The molecular formula is C32H32N4O3. The van der Waals surface area contributed by atoms with Gasteiger partial charge in [0.05, 0.1) is 6.61 Å². The Morgan fingerprint density at radius 1 is 0.949 bits per heavy atom. The summed E-state index contributed by atoms with van der Waals surface area (Å²) in [6.07, 6.45) is 1.24. The molecule has 0 radical (unpaired) electrons. The summed E-state index contributed by atoms with van der Waals surface area (Å²) in [5.74, 6) is 2.67. The number of anilines is 1. The van der Waals surface area contributed by atoms with Crippen molar-refractivity contribution >= 4 is 11.7 Å². The molecular weight excluding hydrogens is 488 g/mol. The molecule has 1 atom stereocenters. The van der Waals surface area contributed by atoms with Gasteiger partial charge in [0.25, 0.3) is 0 Å². The van der Waals surface area contributed by atoms with E-state index in [1.54, 1.807) is 0 Å². The van der Waals surface area contributed by atoms with E-state index in [1.807, 2.05) is 90.5 Å². The largest absolute Gasteiger partial charge is 0.490 e. The van der Waals surface area contributed by atoms with Gasteiger partial charge in [0.2, 0.25) is 5.95 Å². The van der Waals surface area contributed by atoms with Gasteiger partial charge in [-0.2, -0.15) is 4.98 Å². The molecule has 7 heteroatoms. The number of allylic oxidation sites excluding steroid dienone is 2. The minimum atomic E-state index is -0.424. The van der Waals surface area contributed by atoms with Gasteiger partial charge in [0, 0.05) is 23.3 Å². The summed E-state index contributed by atoms with van der Waals surface area (Å²) in [4.78, 5) is 18.5. The molecule has 1 N–H and O–H groups in total. The van der Waals surface area contributed by atoms with Crippen molar-refractivity contribution in [2.75, 3.05) is 11.9 Å². The van der Waals surface area contributed by atoms with Gasteiger partial charge in [-0.25, -0.2) is 4.68 Å². The maximum Gasteiger partial charge on any atom is 0.226 e. The van der Waals surface area contributed by atoms with Crippen LogP contribution in [0.3, 0.4) is 0 Å². The molecule has 2 aliphatic rings. The number of ketones is 1. The Morgan fingerprint density at radius 3 is 2.44 bits per heavy atom. The third kappa shape index (κ3) is 4.92. The van der Waals surface area contributed by atoms with Crippen LogP contribution in [0.15, 0.2) is 90.1 Å².